The Kier molecular flexibility index (Phi) is 6.36. The molecule has 0 amide bonds. The van der Waals surface area contributed by atoms with Crippen molar-refractivity contribution in [3.05, 3.63) is 29.3 Å². The van der Waals surface area contributed by atoms with Crippen molar-refractivity contribution in [1.82, 2.24) is 0 Å². The third-order valence-electron chi connectivity index (χ3n) is 2.16. The normalized spacial score (nSPS) is 10.7. The van der Waals surface area contributed by atoms with Crippen LogP contribution in [0.4, 0.5) is 0 Å². The Hall–Kier alpha value is -0.400. The van der Waals surface area contributed by atoms with Gasteiger partial charge in [-0.2, -0.15) is 8.42 Å². The minimum absolute atomic E-state index is 0. The van der Waals surface area contributed by atoms with Gasteiger partial charge in [-0.05, 0) is 31.0 Å². The molecule has 89 valence electrons. The summed E-state index contributed by atoms with van der Waals surface area (Å²) in [5, 5.41) is 8.36. The van der Waals surface area contributed by atoms with Crippen molar-refractivity contribution in [3.8, 4) is 0 Å². The Morgan fingerprint density at radius 1 is 1.35 bits per heavy atom. The fourth-order valence-corrected chi connectivity index (χ4v) is 2.35. The van der Waals surface area contributed by atoms with Crippen molar-refractivity contribution in [2.24, 2.45) is 0 Å². The van der Waals surface area contributed by atoms with Crippen LogP contribution < -0.4 is 0 Å². The summed E-state index contributed by atoms with van der Waals surface area (Å²) in [5.41, 5.74) is 1.37. The van der Waals surface area contributed by atoms with Gasteiger partial charge in [0.05, 0.1) is 4.90 Å². The summed E-state index contributed by atoms with van der Waals surface area (Å²) in [7, 11) is -3.99. The first-order valence-corrected chi connectivity index (χ1v) is 5.93. The maximum absolute atomic E-state index is 11.6. The summed E-state index contributed by atoms with van der Waals surface area (Å²) in [5.74, 6) is -1.33. The molecule has 17 heavy (non-hydrogen) atoms. The molecule has 7 heteroatoms. The van der Waals surface area contributed by atoms with Crippen LogP contribution in [-0.4, -0.2) is 55.7 Å². The quantitative estimate of drug-likeness (QED) is 0.642. The van der Waals surface area contributed by atoms with Crippen molar-refractivity contribution in [2.45, 2.75) is 18.7 Å². The van der Waals surface area contributed by atoms with E-state index in [-0.39, 0.29) is 34.5 Å². The maximum Gasteiger partial charge on any atom is 0.331 e. The number of carbonyl (C=O) groups is 1. The van der Waals surface area contributed by atoms with Crippen molar-refractivity contribution in [1.29, 1.82) is 0 Å². The van der Waals surface area contributed by atoms with Gasteiger partial charge in [0.15, 0.2) is 6.61 Å². The third kappa shape index (κ3) is 4.40. The number of carboxylic acids is 1. The van der Waals surface area contributed by atoms with Crippen LogP contribution in [0.5, 0.6) is 0 Å². The van der Waals surface area contributed by atoms with Gasteiger partial charge < -0.3 is 5.11 Å². The number of rotatable bonds is 4. The van der Waals surface area contributed by atoms with Crippen LogP contribution in [0.15, 0.2) is 23.1 Å². The predicted octanol–water partition coefficient (Wildman–Crippen LogP) is 0.713. The van der Waals surface area contributed by atoms with Crippen molar-refractivity contribution in [3.63, 3.8) is 0 Å². The Morgan fingerprint density at radius 3 is 2.47 bits per heavy atom. The molecule has 1 N–H and O–H groups in total. The smallest absolute Gasteiger partial charge is 0.331 e. The van der Waals surface area contributed by atoms with Gasteiger partial charge in [0.25, 0.3) is 10.1 Å². The first-order valence-electron chi connectivity index (χ1n) is 4.52. The number of carboxylic acid groups (broad SMARTS) is 1. The summed E-state index contributed by atoms with van der Waals surface area (Å²) >= 11 is 0. The van der Waals surface area contributed by atoms with Crippen LogP contribution in [0.25, 0.3) is 0 Å². The van der Waals surface area contributed by atoms with Gasteiger partial charge in [0.2, 0.25) is 0 Å². The second-order valence-electron chi connectivity index (χ2n) is 3.31. The molecule has 0 aromatic heterocycles. The summed E-state index contributed by atoms with van der Waals surface area (Å²) < 4.78 is 27.6. The molecule has 0 unspecified atom stereocenters. The number of aliphatic carboxylic acids is 1. The van der Waals surface area contributed by atoms with Crippen molar-refractivity contribution < 1.29 is 22.5 Å². The van der Waals surface area contributed by atoms with Crippen molar-refractivity contribution in [2.75, 3.05) is 6.61 Å². The number of hydrogen-bond acceptors (Lipinski definition) is 4. The standard InChI is InChI=1S/C10H12O5S.Na/c1-7-4-3-5-9(8(7)2)16(13,14)15-6-10(11)12;/h3-5H,6H2,1-2H3,(H,11,12);. The second-order valence-corrected chi connectivity index (χ2v) is 4.89. The van der Waals surface area contributed by atoms with E-state index in [9.17, 15) is 13.2 Å². The topological polar surface area (TPSA) is 80.7 Å². The zero-order valence-electron chi connectivity index (χ0n) is 9.93. The monoisotopic (exact) mass is 267 g/mol. The molecule has 5 nitrogen and oxygen atoms in total. The van der Waals surface area contributed by atoms with E-state index in [1.54, 1.807) is 26.0 Å². The summed E-state index contributed by atoms with van der Waals surface area (Å²) in [6, 6.07) is 4.74. The molecule has 0 aliphatic heterocycles. The van der Waals surface area contributed by atoms with E-state index in [0.717, 1.165) is 5.56 Å². The molecule has 0 spiro atoms. The Bertz CT molecular complexity index is 509. The van der Waals surface area contributed by atoms with Gasteiger partial charge in [-0.3, -0.25) is 4.18 Å². The number of benzene rings is 1. The fraction of sp³-hybridized carbons (Fsp3) is 0.300. The van der Waals surface area contributed by atoms with Crippen LogP contribution in [0.2, 0.25) is 0 Å². The average molecular weight is 267 g/mol. The van der Waals surface area contributed by atoms with Gasteiger partial charge in [-0.25, -0.2) is 4.79 Å². The van der Waals surface area contributed by atoms with E-state index >= 15 is 0 Å². The second kappa shape index (κ2) is 6.51. The van der Waals surface area contributed by atoms with Gasteiger partial charge in [-0.1, -0.05) is 12.1 Å². The maximum atomic E-state index is 11.6. The minimum Gasteiger partial charge on any atom is -0.479 e. The largest absolute Gasteiger partial charge is 0.479 e. The van der Waals surface area contributed by atoms with E-state index in [1.807, 2.05) is 0 Å². The van der Waals surface area contributed by atoms with Gasteiger partial charge in [0, 0.05) is 29.6 Å². The van der Waals surface area contributed by atoms with Crippen LogP contribution >= 0.6 is 0 Å². The summed E-state index contributed by atoms with van der Waals surface area (Å²) in [6.07, 6.45) is 0. The van der Waals surface area contributed by atoms with Crippen molar-refractivity contribution >= 4 is 45.6 Å². The van der Waals surface area contributed by atoms with Crippen LogP contribution in [0.1, 0.15) is 11.1 Å². The molecular formula is C10H12NaO5S. The zero-order chi connectivity index (χ0) is 12.3. The predicted molar refractivity (Wildman–Crippen MR) is 62.4 cm³/mol. The molecule has 1 aromatic carbocycles. The van der Waals surface area contributed by atoms with E-state index in [0.29, 0.717) is 5.56 Å². The van der Waals surface area contributed by atoms with E-state index in [1.165, 1.54) is 6.07 Å². The summed E-state index contributed by atoms with van der Waals surface area (Å²) in [4.78, 5) is 10.2. The first-order chi connectivity index (χ1) is 7.34. The number of hydrogen-bond donors (Lipinski definition) is 1. The molecule has 1 rings (SSSR count). The minimum atomic E-state index is -3.99. The van der Waals surface area contributed by atoms with Crippen LogP contribution in [-0.2, 0) is 19.1 Å². The SMILES string of the molecule is Cc1cccc(S(=O)(=O)OCC(=O)O)c1C.[Na]. The molecule has 1 aromatic rings. The molecule has 0 saturated carbocycles. The van der Waals surface area contributed by atoms with Gasteiger partial charge >= 0.3 is 5.97 Å². The molecule has 0 saturated heterocycles. The van der Waals surface area contributed by atoms with Gasteiger partial charge in [-0.15, -0.1) is 0 Å². The molecule has 0 fully saturated rings. The molecule has 0 bridgehead atoms. The van der Waals surface area contributed by atoms with Gasteiger partial charge in [0.1, 0.15) is 0 Å². The first kappa shape index (κ1) is 16.6. The summed E-state index contributed by atoms with van der Waals surface area (Å²) in [6.45, 7) is 2.55. The Morgan fingerprint density at radius 2 is 1.94 bits per heavy atom. The Balaban J connectivity index is 0.00000256. The molecular weight excluding hydrogens is 255 g/mol. The fourth-order valence-electron chi connectivity index (χ4n) is 1.19. The zero-order valence-corrected chi connectivity index (χ0v) is 12.7. The average Bonchev–Trinajstić information content (AvgIpc) is 2.19. The molecule has 0 heterocycles. The molecule has 0 aliphatic rings. The van der Waals surface area contributed by atoms with E-state index < -0.39 is 22.7 Å². The van der Waals surface area contributed by atoms with E-state index in [4.69, 9.17) is 5.11 Å². The Labute approximate surface area is 122 Å². The van der Waals surface area contributed by atoms with Crippen LogP contribution in [0.3, 0.4) is 0 Å². The molecule has 0 aliphatic carbocycles. The third-order valence-corrected chi connectivity index (χ3v) is 3.57. The molecule has 0 atom stereocenters. The van der Waals surface area contributed by atoms with E-state index in [2.05, 4.69) is 4.18 Å². The molecule has 1 radical (unpaired) electrons. The van der Waals surface area contributed by atoms with Crippen LogP contribution in [0, 0.1) is 13.8 Å². The number of aryl methyl sites for hydroxylation is 1.